The predicted octanol–water partition coefficient (Wildman–Crippen LogP) is 2.17. The summed E-state index contributed by atoms with van der Waals surface area (Å²) < 4.78 is 42.8. The molecule has 206 valence electrons. The molecule has 13 heteroatoms. The summed E-state index contributed by atoms with van der Waals surface area (Å²) in [4.78, 5) is 29.4. The molecule has 0 aliphatic carbocycles. The highest BCUT2D eigenvalue weighted by Crippen LogP contribution is 2.34. The summed E-state index contributed by atoms with van der Waals surface area (Å²) in [6.45, 7) is 3.96. The first-order valence-corrected chi connectivity index (χ1v) is 14.0. The fourth-order valence-electron chi connectivity index (χ4n) is 4.26. The molecule has 4 rings (SSSR count). The minimum Gasteiger partial charge on any atom is -0.487 e. The second-order valence-corrected chi connectivity index (χ2v) is 11.3. The molecule has 0 spiro atoms. The van der Waals surface area contributed by atoms with Gasteiger partial charge in [-0.05, 0) is 37.3 Å². The minimum absolute atomic E-state index is 0.130. The van der Waals surface area contributed by atoms with Crippen LogP contribution < -0.4 is 24.2 Å². The minimum atomic E-state index is -3.57. The molecule has 38 heavy (non-hydrogen) atoms. The largest absolute Gasteiger partial charge is 0.487 e. The number of sulfonamides is 1. The summed E-state index contributed by atoms with van der Waals surface area (Å²) in [5, 5.41) is 12.6. The molecule has 2 aliphatic rings. The van der Waals surface area contributed by atoms with Gasteiger partial charge in [-0.2, -0.15) is 0 Å². The SMILES string of the molecule is C[C@H]1CN([C@@H](C)CO)C(=O)c2cc(NS(C)(=O)=O)ccc2O[C@H]1CN(C)C(=O)Nc1ccc2c(c1)OCO2. The van der Waals surface area contributed by atoms with Crippen molar-refractivity contribution in [3.05, 3.63) is 42.0 Å². The summed E-state index contributed by atoms with van der Waals surface area (Å²) in [6.07, 6.45) is 0.501. The number of likely N-dealkylation sites (N-methyl/N-ethyl adjacent to an activating group) is 1. The fourth-order valence-corrected chi connectivity index (χ4v) is 4.82. The Morgan fingerprint density at radius 3 is 2.55 bits per heavy atom. The highest BCUT2D eigenvalue weighted by Gasteiger charge is 2.34. The molecule has 2 aliphatic heterocycles. The summed E-state index contributed by atoms with van der Waals surface area (Å²) in [5.41, 5.74) is 0.913. The number of nitrogens with one attached hydrogen (secondary N) is 2. The number of benzene rings is 2. The molecule has 12 nitrogen and oxygen atoms in total. The van der Waals surface area contributed by atoms with Gasteiger partial charge in [-0.1, -0.05) is 6.92 Å². The van der Waals surface area contributed by atoms with Gasteiger partial charge in [-0.25, -0.2) is 13.2 Å². The highest BCUT2D eigenvalue weighted by atomic mass is 32.2. The number of aliphatic hydroxyl groups excluding tert-OH is 1. The first-order chi connectivity index (χ1) is 17.9. The van der Waals surface area contributed by atoms with Crippen molar-refractivity contribution in [2.24, 2.45) is 5.92 Å². The van der Waals surface area contributed by atoms with Gasteiger partial charge in [0.15, 0.2) is 11.5 Å². The van der Waals surface area contributed by atoms with Crippen LogP contribution >= 0.6 is 0 Å². The van der Waals surface area contributed by atoms with Crippen molar-refractivity contribution in [2.45, 2.75) is 26.0 Å². The Bertz CT molecular complexity index is 1320. The zero-order chi connectivity index (χ0) is 27.6. The monoisotopic (exact) mass is 548 g/mol. The van der Waals surface area contributed by atoms with E-state index in [1.54, 1.807) is 32.2 Å². The first-order valence-electron chi connectivity index (χ1n) is 12.1. The van der Waals surface area contributed by atoms with Gasteiger partial charge in [0, 0.05) is 37.0 Å². The lowest BCUT2D eigenvalue weighted by molar-refractivity contribution is 0.0371. The van der Waals surface area contributed by atoms with Crippen LogP contribution in [0.1, 0.15) is 24.2 Å². The lowest BCUT2D eigenvalue weighted by Crippen LogP contribution is -2.50. The number of urea groups is 1. The Balaban J connectivity index is 1.56. The average molecular weight is 549 g/mol. The van der Waals surface area contributed by atoms with E-state index < -0.39 is 28.1 Å². The third-order valence-corrected chi connectivity index (χ3v) is 7.00. The van der Waals surface area contributed by atoms with Crippen LogP contribution in [0.4, 0.5) is 16.2 Å². The van der Waals surface area contributed by atoms with Crippen LogP contribution in [-0.2, 0) is 10.0 Å². The van der Waals surface area contributed by atoms with Gasteiger partial charge in [0.1, 0.15) is 11.9 Å². The van der Waals surface area contributed by atoms with Crippen molar-refractivity contribution < 1.29 is 37.3 Å². The zero-order valence-corrected chi connectivity index (χ0v) is 22.4. The van der Waals surface area contributed by atoms with Crippen molar-refractivity contribution in [1.29, 1.82) is 0 Å². The van der Waals surface area contributed by atoms with Gasteiger partial charge in [0.2, 0.25) is 16.8 Å². The van der Waals surface area contributed by atoms with Gasteiger partial charge in [-0.3, -0.25) is 9.52 Å². The van der Waals surface area contributed by atoms with Crippen LogP contribution in [0.5, 0.6) is 17.2 Å². The molecule has 3 atom stereocenters. The van der Waals surface area contributed by atoms with E-state index in [1.807, 2.05) is 6.92 Å². The molecule has 0 radical (unpaired) electrons. The maximum absolute atomic E-state index is 13.4. The van der Waals surface area contributed by atoms with Crippen LogP contribution in [0.15, 0.2) is 36.4 Å². The standard InChI is InChI=1S/C25H32N4O8S/c1-15-11-29(16(2)13-30)24(31)19-9-18(27-38(4,33)34)6-7-20(19)37-23(15)12-28(3)25(32)26-17-5-8-21-22(10-17)36-14-35-21/h5-10,15-16,23,27,30H,11-14H2,1-4H3,(H,26,32)/t15-,16-,23-/m0/s1. The summed E-state index contributed by atoms with van der Waals surface area (Å²) in [7, 11) is -1.93. The lowest BCUT2D eigenvalue weighted by Gasteiger charge is -2.38. The number of hydrogen-bond acceptors (Lipinski definition) is 8. The molecular formula is C25H32N4O8S. The van der Waals surface area contributed by atoms with Crippen LogP contribution in [0.3, 0.4) is 0 Å². The fraction of sp³-hybridized carbons (Fsp3) is 0.440. The van der Waals surface area contributed by atoms with E-state index in [0.29, 0.717) is 17.2 Å². The van der Waals surface area contributed by atoms with Crippen LogP contribution in [0.2, 0.25) is 0 Å². The third-order valence-electron chi connectivity index (χ3n) is 6.39. The van der Waals surface area contributed by atoms with Crippen LogP contribution in [-0.4, -0.2) is 87.2 Å². The maximum Gasteiger partial charge on any atom is 0.321 e. The molecule has 0 aromatic heterocycles. The van der Waals surface area contributed by atoms with Crippen molar-refractivity contribution in [2.75, 3.05) is 49.8 Å². The second-order valence-electron chi connectivity index (χ2n) is 9.59. The summed E-state index contributed by atoms with van der Waals surface area (Å²) >= 11 is 0. The van der Waals surface area contributed by atoms with Crippen molar-refractivity contribution in [3.63, 3.8) is 0 Å². The predicted molar refractivity (Wildman–Crippen MR) is 140 cm³/mol. The number of ether oxygens (including phenoxy) is 3. The number of aliphatic hydroxyl groups is 1. The van der Waals surface area contributed by atoms with E-state index in [1.165, 1.54) is 28.0 Å². The van der Waals surface area contributed by atoms with Gasteiger partial charge in [0.05, 0.1) is 31.0 Å². The van der Waals surface area contributed by atoms with Gasteiger partial charge >= 0.3 is 6.03 Å². The normalized spacial score (nSPS) is 19.5. The Kier molecular flexibility index (Phi) is 7.88. The average Bonchev–Trinajstić information content (AvgIpc) is 3.33. The van der Waals surface area contributed by atoms with E-state index in [4.69, 9.17) is 14.2 Å². The molecule has 0 saturated carbocycles. The Hall–Kier alpha value is -3.71. The van der Waals surface area contributed by atoms with Gasteiger partial charge < -0.3 is 34.4 Å². The smallest absolute Gasteiger partial charge is 0.321 e. The topological polar surface area (TPSA) is 147 Å². The van der Waals surface area contributed by atoms with Crippen molar-refractivity contribution >= 4 is 33.3 Å². The van der Waals surface area contributed by atoms with Gasteiger partial charge in [-0.15, -0.1) is 0 Å². The molecule has 2 heterocycles. The molecule has 2 aromatic rings. The number of rotatable bonds is 7. The third kappa shape index (κ3) is 6.22. The number of nitrogens with zero attached hydrogens (tertiary/aromatic N) is 2. The number of anilines is 2. The first kappa shape index (κ1) is 27.3. The maximum atomic E-state index is 13.4. The van der Waals surface area contributed by atoms with E-state index in [0.717, 1.165) is 6.26 Å². The Labute approximate surface area is 221 Å². The molecule has 3 amide bonds. The molecule has 3 N–H and O–H groups in total. The number of fused-ring (bicyclic) bond motifs is 2. The molecule has 0 unspecified atom stereocenters. The Morgan fingerprint density at radius 2 is 1.84 bits per heavy atom. The summed E-state index contributed by atoms with van der Waals surface area (Å²) in [5.74, 6) is 0.809. The van der Waals surface area contributed by atoms with Crippen molar-refractivity contribution in [3.8, 4) is 17.2 Å². The zero-order valence-electron chi connectivity index (χ0n) is 21.6. The lowest BCUT2D eigenvalue weighted by atomic mass is 9.99. The number of carbonyl (C=O) groups excluding carboxylic acids is 2. The quantitative estimate of drug-likeness (QED) is 0.477. The van der Waals surface area contributed by atoms with Crippen LogP contribution in [0, 0.1) is 5.92 Å². The number of amides is 3. The molecule has 0 bridgehead atoms. The summed E-state index contributed by atoms with van der Waals surface area (Å²) in [6, 6.07) is 8.70. The van der Waals surface area contributed by atoms with E-state index in [9.17, 15) is 23.1 Å². The van der Waals surface area contributed by atoms with Crippen LogP contribution in [0.25, 0.3) is 0 Å². The molecule has 2 aromatic carbocycles. The Morgan fingerprint density at radius 1 is 1.16 bits per heavy atom. The van der Waals surface area contributed by atoms with Gasteiger partial charge in [0.25, 0.3) is 5.91 Å². The van der Waals surface area contributed by atoms with Crippen molar-refractivity contribution in [1.82, 2.24) is 9.80 Å². The number of hydrogen-bond donors (Lipinski definition) is 3. The molecule has 0 saturated heterocycles. The van der Waals surface area contributed by atoms with E-state index >= 15 is 0 Å². The number of carbonyl (C=O) groups is 2. The second kappa shape index (κ2) is 11.0. The van der Waals surface area contributed by atoms with E-state index in [2.05, 4.69) is 10.0 Å². The van der Waals surface area contributed by atoms with E-state index in [-0.39, 0.29) is 55.4 Å². The highest BCUT2D eigenvalue weighted by molar-refractivity contribution is 7.92. The molecular weight excluding hydrogens is 516 g/mol. The molecule has 0 fully saturated rings.